The molecule has 7 heteroatoms. The van der Waals surface area contributed by atoms with Crippen molar-refractivity contribution in [3.05, 3.63) is 94.8 Å². The molecule has 0 saturated heterocycles. The van der Waals surface area contributed by atoms with Gasteiger partial charge in [-0.25, -0.2) is 12.8 Å². The molecule has 156 valence electrons. The smallest absolute Gasteiger partial charge is 0.261 e. The van der Waals surface area contributed by atoms with Gasteiger partial charge < -0.3 is 5.32 Å². The van der Waals surface area contributed by atoms with Gasteiger partial charge in [0.05, 0.1) is 10.9 Å². The topological polar surface area (TPSA) is 75.3 Å². The molecule has 0 fully saturated rings. The van der Waals surface area contributed by atoms with Crippen LogP contribution in [-0.2, 0) is 10.0 Å². The van der Waals surface area contributed by atoms with Crippen molar-refractivity contribution in [2.24, 2.45) is 0 Å². The van der Waals surface area contributed by atoms with Crippen LogP contribution in [0, 0.1) is 19.7 Å². The first-order valence-corrected chi connectivity index (χ1v) is 10.9. The summed E-state index contributed by atoms with van der Waals surface area (Å²) < 4.78 is 40.7. The Balaban J connectivity index is 1.78. The highest BCUT2D eigenvalue weighted by Crippen LogP contribution is 2.21. The van der Waals surface area contributed by atoms with Gasteiger partial charge in [0, 0.05) is 11.3 Å². The first-order chi connectivity index (χ1) is 14.2. The van der Waals surface area contributed by atoms with Gasteiger partial charge in [0.2, 0.25) is 0 Å². The molecule has 0 aliphatic rings. The number of carbonyl (C=O) groups excluding carboxylic acids is 1. The number of hydrogen-bond acceptors (Lipinski definition) is 3. The van der Waals surface area contributed by atoms with E-state index in [2.05, 4.69) is 10.0 Å². The van der Waals surface area contributed by atoms with Crippen LogP contribution in [0.3, 0.4) is 0 Å². The van der Waals surface area contributed by atoms with Gasteiger partial charge in [-0.2, -0.15) is 0 Å². The number of amides is 1. The Labute approximate surface area is 176 Å². The lowest BCUT2D eigenvalue weighted by Crippen LogP contribution is -2.27. The summed E-state index contributed by atoms with van der Waals surface area (Å²) in [6.07, 6.45) is 0. The number of nitrogens with one attached hydrogen (secondary N) is 2. The van der Waals surface area contributed by atoms with Gasteiger partial charge in [-0.1, -0.05) is 29.8 Å². The van der Waals surface area contributed by atoms with Crippen molar-refractivity contribution >= 4 is 21.6 Å². The van der Waals surface area contributed by atoms with Gasteiger partial charge >= 0.3 is 0 Å². The second kappa shape index (κ2) is 8.67. The van der Waals surface area contributed by atoms with Gasteiger partial charge in [-0.15, -0.1) is 0 Å². The predicted octanol–water partition coefficient (Wildman–Crippen LogP) is 4.73. The van der Waals surface area contributed by atoms with Crippen molar-refractivity contribution in [2.45, 2.75) is 31.7 Å². The molecule has 0 saturated carbocycles. The average Bonchev–Trinajstić information content (AvgIpc) is 2.69. The zero-order valence-corrected chi connectivity index (χ0v) is 17.8. The Morgan fingerprint density at radius 2 is 1.67 bits per heavy atom. The van der Waals surface area contributed by atoms with Crippen LogP contribution in [0.15, 0.2) is 71.6 Å². The highest BCUT2D eigenvalue weighted by molar-refractivity contribution is 7.92. The van der Waals surface area contributed by atoms with Crippen molar-refractivity contribution in [1.29, 1.82) is 0 Å². The summed E-state index contributed by atoms with van der Waals surface area (Å²) in [7, 11) is -3.93. The minimum Gasteiger partial charge on any atom is -0.346 e. The largest absolute Gasteiger partial charge is 0.346 e. The minimum absolute atomic E-state index is 0.0568. The maximum Gasteiger partial charge on any atom is 0.261 e. The van der Waals surface area contributed by atoms with Crippen LogP contribution >= 0.6 is 0 Å². The molecule has 0 radical (unpaired) electrons. The summed E-state index contributed by atoms with van der Waals surface area (Å²) in [5, 5.41) is 2.91. The third kappa shape index (κ3) is 5.04. The van der Waals surface area contributed by atoms with Crippen molar-refractivity contribution in [3.63, 3.8) is 0 Å². The lowest BCUT2D eigenvalue weighted by atomic mass is 10.00. The van der Waals surface area contributed by atoms with E-state index in [-0.39, 0.29) is 28.1 Å². The van der Waals surface area contributed by atoms with E-state index in [1.165, 1.54) is 30.3 Å². The van der Waals surface area contributed by atoms with Gasteiger partial charge in [0.1, 0.15) is 5.82 Å². The molecule has 30 heavy (non-hydrogen) atoms. The molecule has 5 nitrogen and oxygen atoms in total. The van der Waals surface area contributed by atoms with Gasteiger partial charge in [0.25, 0.3) is 15.9 Å². The Bertz CT molecular complexity index is 1180. The normalized spacial score (nSPS) is 12.3. The number of sulfonamides is 1. The molecule has 0 heterocycles. The summed E-state index contributed by atoms with van der Waals surface area (Å²) >= 11 is 0. The van der Waals surface area contributed by atoms with Crippen LogP contribution in [0.5, 0.6) is 0 Å². The lowest BCUT2D eigenvalue weighted by Gasteiger charge is -2.17. The molecule has 0 aliphatic carbocycles. The van der Waals surface area contributed by atoms with E-state index in [9.17, 15) is 17.6 Å². The summed E-state index contributed by atoms with van der Waals surface area (Å²) in [6, 6.07) is 16.5. The molecule has 0 bridgehead atoms. The lowest BCUT2D eigenvalue weighted by molar-refractivity contribution is 0.0939. The molecular formula is C23H23FN2O3S. The summed E-state index contributed by atoms with van der Waals surface area (Å²) in [5.41, 5.74) is 3.67. The van der Waals surface area contributed by atoms with E-state index in [1.54, 1.807) is 6.07 Å². The fourth-order valence-corrected chi connectivity index (χ4v) is 4.31. The molecule has 3 rings (SSSR count). The van der Waals surface area contributed by atoms with Crippen molar-refractivity contribution < 1.29 is 17.6 Å². The Hall–Kier alpha value is -3.19. The first kappa shape index (κ1) is 21.5. The van der Waals surface area contributed by atoms with E-state index in [0.717, 1.165) is 28.8 Å². The van der Waals surface area contributed by atoms with Crippen LogP contribution in [0.4, 0.5) is 10.1 Å². The van der Waals surface area contributed by atoms with Crippen molar-refractivity contribution in [1.82, 2.24) is 5.32 Å². The molecule has 3 aromatic carbocycles. The van der Waals surface area contributed by atoms with Crippen LogP contribution in [-0.4, -0.2) is 14.3 Å². The van der Waals surface area contributed by atoms with E-state index in [4.69, 9.17) is 0 Å². The zero-order chi connectivity index (χ0) is 21.9. The average molecular weight is 427 g/mol. The fraction of sp³-hybridized carbons (Fsp3) is 0.174. The Morgan fingerprint density at radius 3 is 2.33 bits per heavy atom. The van der Waals surface area contributed by atoms with Gasteiger partial charge in [-0.05, 0) is 74.4 Å². The Morgan fingerprint density at radius 1 is 0.967 bits per heavy atom. The number of benzene rings is 3. The van der Waals surface area contributed by atoms with Crippen LogP contribution in [0.25, 0.3) is 0 Å². The number of halogens is 1. The summed E-state index contributed by atoms with van der Waals surface area (Å²) in [5.74, 6) is -0.837. The maximum absolute atomic E-state index is 13.0. The third-order valence-electron chi connectivity index (χ3n) is 4.74. The van der Waals surface area contributed by atoms with Crippen molar-refractivity contribution in [3.8, 4) is 0 Å². The maximum atomic E-state index is 13.0. The van der Waals surface area contributed by atoms with Crippen LogP contribution in [0.1, 0.15) is 40.0 Å². The molecule has 0 aromatic heterocycles. The molecule has 2 N–H and O–H groups in total. The van der Waals surface area contributed by atoms with Crippen LogP contribution in [0.2, 0.25) is 0 Å². The number of aryl methyl sites for hydroxylation is 2. The molecule has 1 atom stereocenters. The number of rotatable bonds is 6. The number of anilines is 1. The molecular weight excluding hydrogens is 403 g/mol. The molecule has 3 aromatic rings. The quantitative estimate of drug-likeness (QED) is 0.598. The minimum atomic E-state index is -3.93. The molecule has 0 aliphatic heterocycles. The van der Waals surface area contributed by atoms with E-state index >= 15 is 0 Å². The molecule has 1 amide bonds. The van der Waals surface area contributed by atoms with Gasteiger partial charge in [-0.3, -0.25) is 9.52 Å². The third-order valence-corrected chi connectivity index (χ3v) is 6.12. The molecule has 1 unspecified atom stereocenters. The van der Waals surface area contributed by atoms with E-state index < -0.39 is 15.8 Å². The summed E-state index contributed by atoms with van der Waals surface area (Å²) in [4.78, 5) is 12.7. The standard InChI is InChI=1S/C23H23FN2O3S/c1-15-7-12-22(16(2)13-15)17(3)25-23(27)18-5-4-6-21(14-18)30(28,29)26-20-10-8-19(24)9-11-20/h4-14,17,26H,1-3H3,(H,25,27). The second-order valence-electron chi connectivity index (χ2n) is 7.20. The van der Waals surface area contributed by atoms with Gasteiger partial charge in [0.15, 0.2) is 0 Å². The predicted molar refractivity (Wildman–Crippen MR) is 115 cm³/mol. The fourth-order valence-electron chi connectivity index (χ4n) is 3.21. The zero-order valence-electron chi connectivity index (χ0n) is 16.9. The second-order valence-corrected chi connectivity index (χ2v) is 8.88. The van der Waals surface area contributed by atoms with E-state index in [1.807, 2.05) is 39.0 Å². The number of hydrogen-bond donors (Lipinski definition) is 2. The number of carbonyl (C=O) groups is 1. The first-order valence-electron chi connectivity index (χ1n) is 9.42. The summed E-state index contributed by atoms with van der Waals surface area (Å²) in [6.45, 7) is 5.87. The Kier molecular flexibility index (Phi) is 6.22. The van der Waals surface area contributed by atoms with E-state index in [0.29, 0.717) is 0 Å². The SMILES string of the molecule is Cc1ccc(C(C)NC(=O)c2cccc(S(=O)(=O)Nc3ccc(F)cc3)c2)c(C)c1. The highest BCUT2D eigenvalue weighted by Gasteiger charge is 2.18. The van der Waals surface area contributed by atoms with Crippen molar-refractivity contribution in [2.75, 3.05) is 4.72 Å². The monoisotopic (exact) mass is 426 g/mol. The highest BCUT2D eigenvalue weighted by atomic mass is 32.2. The molecule has 0 spiro atoms. The van der Waals surface area contributed by atoms with Crippen LogP contribution < -0.4 is 10.0 Å².